The van der Waals surface area contributed by atoms with Gasteiger partial charge in [-0.1, -0.05) is 59.3 Å². The zero-order chi connectivity index (χ0) is 31.8. The Morgan fingerprint density at radius 1 is 0.452 bits per heavy atom. The van der Waals surface area contributed by atoms with E-state index in [0.29, 0.717) is 19.3 Å². The minimum Gasteiger partial charge on any atom is -0.384 e. The predicted octanol–water partition coefficient (Wildman–Crippen LogP) is 3.29. The van der Waals surface area contributed by atoms with Crippen molar-refractivity contribution in [1.82, 2.24) is 0 Å². The van der Waals surface area contributed by atoms with Crippen molar-refractivity contribution in [3.05, 3.63) is 0 Å². The molecule has 18 heteroatoms. The second-order valence-electron chi connectivity index (χ2n) is 10.2. The average Bonchev–Trinajstić information content (AvgIpc) is 2.95. The summed E-state index contributed by atoms with van der Waals surface area (Å²) >= 11 is 0. The first-order valence-corrected chi connectivity index (χ1v) is 19.8. The molecule has 3 unspecified atom stereocenters. The Morgan fingerprint density at radius 3 is 0.929 bits per heavy atom. The fourth-order valence-corrected chi connectivity index (χ4v) is 6.50. The van der Waals surface area contributed by atoms with Crippen LogP contribution in [0.3, 0.4) is 0 Å². The second-order valence-corrected chi connectivity index (χ2v) is 15.5. The molecule has 0 aromatic rings. The van der Waals surface area contributed by atoms with Crippen molar-refractivity contribution in [2.45, 2.75) is 115 Å². The van der Waals surface area contributed by atoms with Crippen molar-refractivity contribution < 1.29 is 71.5 Å². The third kappa shape index (κ3) is 14.1. The van der Waals surface area contributed by atoms with Crippen LogP contribution in [0.2, 0.25) is 0 Å². The largest absolute Gasteiger partial charge is 0.384 e. The summed E-state index contributed by atoms with van der Waals surface area (Å²) in [4.78, 5) is 30.8. The topological polar surface area (TPSA) is 228 Å². The Morgan fingerprint density at radius 2 is 0.690 bits per heavy atom. The van der Waals surface area contributed by atoms with Gasteiger partial charge in [-0.2, -0.15) is 0 Å². The lowest BCUT2D eigenvalue weighted by Crippen LogP contribution is -2.67. The molecule has 1 fully saturated rings. The molecule has 0 radical (unpaired) electrons. The van der Waals surface area contributed by atoms with E-state index in [2.05, 4.69) is 0 Å². The summed E-state index contributed by atoms with van der Waals surface area (Å²) in [5.74, 6) is 0. The molecule has 42 heavy (non-hydrogen) atoms. The van der Waals surface area contributed by atoms with Crippen LogP contribution in [-0.4, -0.2) is 105 Å². The number of unbranched alkanes of at least 4 members (excludes halogenated alkanes) is 6. The monoisotopic (exact) mass is 672 g/mol. The molecule has 9 atom stereocenters. The Balaban J connectivity index is 3.79. The zero-order valence-corrected chi connectivity index (χ0v) is 27.5. The lowest BCUT2D eigenvalue weighted by atomic mass is 9.84. The highest BCUT2D eigenvalue weighted by molar-refractivity contribution is 7.53. The number of rotatable bonds is 24. The first-order valence-electron chi connectivity index (χ1n) is 14.5. The highest BCUT2D eigenvalue weighted by Gasteiger charge is 2.59. The van der Waals surface area contributed by atoms with Crippen molar-refractivity contribution in [2.24, 2.45) is 0 Å². The molecule has 1 saturated carbocycles. The minimum absolute atomic E-state index is 0.106. The summed E-state index contributed by atoms with van der Waals surface area (Å²) in [6.45, 7) is 6.32. The van der Waals surface area contributed by atoms with Gasteiger partial charge in [-0.15, -0.1) is 0 Å². The molecule has 6 N–H and O–H groups in total. The summed E-state index contributed by atoms with van der Waals surface area (Å²) in [5.41, 5.74) is 0. The molecule has 0 amide bonds. The molecular weight excluding hydrogens is 621 g/mol. The van der Waals surface area contributed by atoms with E-state index in [1.165, 1.54) is 0 Å². The third-order valence-corrected chi connectivity index (χ3v) is 9.30. The SMILES string of the molecule is CCCCCO[C@@H]1[C@@H](OCCCCC)[C@H](OP(=O)(O)CO)[C@@H](OP(=O)(O)CO)[C@@H](OP(=O)(O)CO)[C@H]1OCCCCC. The van der Waals surface area contributed by atoms with Gasteiger partial charge in [0.2, 0.25) is 0 Å². The van der Waals surface area contributed by atoms with Crippen LogP contribution in [0.5, 0.6) is 0 Å². The van der Waals surface area contributed by atoms with Crippen molar-refractivity contribution in [1.29, 1.82) is 0 Å². The van der Waals surface area contributed by atoms with Gasteiger partial charge < -0.3 is 44.2 Å². The number of hydrogen-bond acceptors (Lipinski definition) is 12. The Labute approximate surface area is 248 Å². The van der Waals surface area contributed by atoms with E-state index in [1.54, 1.807) is 0 Å². The molecule has 1 aliphatic rings. The van der Waals surface area contributed by atoms with Crippen LogP contribution < -0.4 is 0 Å². The van der Waals surface area contributed by atoms with Crippen molar-refractivity contribution in [3.63, 3.8) is 0 Å². The average molecular weight is 673 g/mol. The molecule has 1 rings (SSSR count). The molecule has 0 aromatic heterocycles. The van der Waals surface area contributed by atoms with E-state index in [1.807, 2.05) is 20.8 Å². The van der Waals surface area contributed by atoms with E-state index in [4.69, 9.17) is 27.8 Å². The Hall–Kier alpha value is 0.210. The second kappa shape index (κ2) is 20.4. The summed E-state index contributed by atoms with van der Waals surface area (Å²) in [7, 11) is -14.5. The standard InChI is InChI=1S/C24H51O15P3/c1-4-7-10-13-34-19-20(35-14-11-8-5-2)22(37-40(28,29)16-25)24(39-42(32,33)18-27)23(38-41(30,31)17-26)21(19)36-15-12-9-6-3/h19-27H,4-18H2,1-3H3,(H,28,29)(H,30,31)(H,32,33)/t19-,20-,21+,22-,23-,24-/m0/s1. The maximum atomic E-state index is 12.7. The van der Waals surface area contributed by atoms with Gasteiger partial charge in [0.15, 0.2) is 0 Å². The van der Waals surface area contributed by atoms with Gasteiger partial charge >= 0.3 is 22.8 Å². The van der Waals surface area contributed by atoms with Gasteiger partial charge in [0.1, 0.15) is 55.7 Å². The van der Waals surface area contributed by atoms with Gasteiger partial charge in [-0.05, 0) is 19.3 Å². The smallest absolute Gasteiger partial charge is 0.353 e. The van der Waals surface area contributed by atoms with Crippen LogP contribution in [0, 0.1) is 0 Å². The predicted molar refractivity (Wildman–Crippen MR) is 153 cm³/mol. The summed E-state index contributed by atoms with van der Waals surface area (Å²) in [6, 6.07) is 0. The molecule has 0 aromatic carbocycles. The van der Waals surface area contributed by atoms with Crippen molar-refractivity contribution in [3.8, 4) is 0 Å². The number of hydrogen-bond donors (Lipinski definition) is 6. The van der Waals surface area contributed by atoms with Crippen molar-refractivity contribution in [2.75, 3.05) is 38.9 Å². The maximum absolute atomic E-state index is 12.7. The fourth-order valence-electron chi connectivity index (χ4n) is 4.44. The first-order chi connectivity index (χ1) is 19.8. The lowest BCUT2D eigenvalue weighted by Gasteiger charge is -2.49. The normalized spacial score (nSPS) is 29.1. The maximum Gasteiger partial charge on any atom is 0.353 e. The molecular formula is C24H51O15P3. The van der Waals surface area contributed by atoms with Crippen LogP contribution in [0.15, 0.2) is 0 Å². The Kier molecular flexibility index (Phi) is 19.5. The van der Waals surface area contributed by atoms with E-state index >= 15 is 0 Å². The van der Waals surface area contributed by atoms with E-state index < -0.39 is 78.5 Å². The van der Waals surface area contributed by atoms with Crippen LogP contribution >= 0.6 is 22.8 Å². The quantitative estimate of drug-likeness (QED) is 0.0639. The van der Waals surface area contributed by atoms with Gasteiger partial charge in [0, 0.05) is 19.8 Å². The van der Waals surface area contributed by atoms with Gasteiger partial charge in [-0.3, -0.25) is 27.3 Å². The number of aliphatic hydroxyl groups excluding tert-OH is 3. The summed E-state index contributed by atoms with van der Waals surface area (Å²) in [6.07, 6.45) is -6.72. The van der Waals surface area contributed by atoms with Gasteiger partial charge in [0.05, 0.1) is 0 Å². The first kappa shape index (κ1) is 40.2. The Bertz CT molecular complexity index is 828. The van der Waals surface area contributed by atoms with Crippen LogP contribution in [-0.2, 0) is 41.5 Å². The molecule has 0 heterocycles. The molecule has 0 spiro atoms. The zero-order valence-electron chi connectivity index (χ0n) is 24.8. The summed E-state index contributed by atoms with van der Waals surface area (Å²) in [5, 5.41) is 28.6. The highest BCUT2D eigenvalue weighted by Crippen LogP contribution is 2.54. The molecule has 252 valence electrons. The number of aliphatic hydroxyl groups is 3. The van der Waals surface area contributed by atoms with Gasteiger partial charge in [0.25, 0.3) is 0 Å². The van der Waals surface area contributed by atoms with Crippen molar-refractivity contribution >= 4 is 22.8 Å². The molecule has 0 bridgehead atoms. The third-order valence-electron chi connectivity index (χ3n) is 6.51. The minimum atomic E-state index is -4.86. The molecule has 0 aliphatic heterocycles. The van der Waals surface area contributed by atoms with E-state index in [-0.39, 0.29) is 19.8 Å². The van der Waals surface area contributed by atoms with Crippen LogP contribution in [0.4, 0.5) is 0 Å². The molecule has 15 nitrogen and oxygen atoms in total. The molecule has 1 aliphatic carbocycles. The fraction of sp³-hybridized carbons (Fsp3) is 1.00. The highest BCUT2D eigenvalue weighted by atomic mass is 31.2. The lowest BCUT2D eigenvalue weighted by molar-refractivity contribution is -0.245. The van der Waals surface area contributed by atoms with E-state index in [0.717, 1.165) is 38.5 Å². The van der Waals surface area contributed by atoms with Crippen LogP contribution in [0.1, 0.15) is 78.6 Å². The number of ether oxygens (including phenoxy) is 3. The van der Waals surface area contributed by atoms with Crippen LogP contribution in [0.25, 0.3) is 0 Å². The summed E-state index contributed by atoms with van der Waals surface area (Å²) < 4.78 is 72.4. The van der Waals surface area contributed by atoms with Gasteiger partial charge in [-0.25, -0.2) is 0 Å². The molecule has 0 saturated heterocycles. The van der Waals surface area contributed by atoms with E-state index in [9.17, 15) is 43.7 Å².